The molecule has 0 radical (unpaired) electrons. The van der Waals surface area contributed by atoms with Crippen molar-refractivity contribution in [3.8, 4) is 5.75 Å². The van der Waals surface area contributed by atoms with Crippen molar-refractivity contribution in [3.05, 3.63) is 29.3 Å². The van der Waals surface area contributed by atoms with Crippen molar-refractivity contribution in [2.45, 2.75) is 58.1 Å². The number of rotatable bonds is 6. The third-order valence-corrected chi connectivity index (χ3v) is 3.43. The first-order chi connectivity index (χ1) is 8.45. The molecule has 0 aliphatic carbocycles. The van der Waals surface area contributed by atoms with E-state index in [9.17, 15) is 10.2 Å². The minimum atomic E-state index is -0.514. The van der Waals surface area contributed by atoms with Gasteiger partial charge in [-0.25, -0.2) is 0 Å². The fourth-order valence-corrected chi connectivity index (χ4v) is 2.26. The standard InChI is InChI=1S/C15H25NO2/c1-4-5-13(16)15(18)9-11(3)12-8-10(2)6-7-14(12)17/h6-8,11,13,15,17-18H,4-5,9,16H2,1-3H3. The molecular formula is C15H25NO2. The molecule has 0 spiro atoms. The number of aryl methyl sites for hydroxylation is 1. The predicted octanol–water partition coefficient (Wildman–Crippen LogP) is 2.68. The Labute approximate surface area is 110 Å². The molecule has 1 aromatic rings. The summed E-state index contributed by atoms with van der Waals surface area (Å²) in [7, 11) is 0. The molecule has 3 unspecified atom stereocenters. The lowest BCUT2D eigenvalue weighted by Gasteiger charge is -2.22. The summed E-state index contributed by atoms with van der Waals surface area (Å²) in [6.07, 6.45) is 1.87. The Hall–Kier alpha value is -1.06. The summed E-state index contributed by atoms with van der Waals surface area (Å²) >= 11 is 0. The zero-order valence-electron chi connectivity index (χ0n) is 11.6. The van der Waals surface area contributed by atoms with E-state index in [1.54, 1.807) is 6.07 Å². The molecule has 0 saturated carbocycles. The average molecular weight is 251 g/mol. The minimum Gasteiger partial charge on any atom is -0.508 e. The van der Waals surface area contributed by atoms with Crippen molar-refractivity contribution < 1.29 is 10.2 Å². The predicted molar refractivity (Wildman–Crippen MR) is 74.8 cm³/mol. The third-order valence-electron chi connectivity index (χ3n) is 3.43. The Balaban J connectivity index is 2.69. The van der Waals surface area contributed by atoms with Gasteiger partial charge in [0, 0.05) is 6.04 Å². The normalized spacial score (nSPS) is 16.3. The molecule has 0 amide bonds. The molecule has 3 atom stereocenters. The molecule has 102 valence electrons. The van der Waals surface area contributed by atoms with Crippen LogP contribution >= 0.6 is 0 Å². The number of phenolic OH excluding ortho intramolecular Hbond substituents is 1. The Morgan fingerprint density at radius 2 is 2.00 bits per heavy atom. The second-order valence-corrected chi connectivity index (χ2v) is 5.22. The maximum Gasteiger partial charge on any atom is 0.119 e. The molecule has 3 nitrogen and oxygen atoms in total. The van der Waals surface area contributed by atoms with Crippen molar-refractivity contribution in [3.63, 3.8) is 0 Å². The molecule has 4 N–H and O–H groups in total. The van der Waals surface area contributed by atoms with Gasteiger partial charge in [0.25, 0.3) is 0 Å². The van der Waals surface area contributed by atoms with E-state index < -0.39 is 6.10 Å². The fourth-order valence-electron chi connectivity index (χ4n) is 2.26. The van der Waals surface area contributed by atoms with Crippen molar-refractivity contribution in [1.82, 2.24) is 0 Å². The quantitative estimate of drug-likeness (QED) is 0.728. The number of nitrogens with two attached hydrogens (primary N) is 1. The number of hydrogen-bond donors (Lipinski definition) is 3. The second kappa shape index (κ2) is 6.76. The van der Waals surface area contributed by atoms with Crippen LogP contribution in [-0.2, 0) is 0 Å². The van der Waals surface area contributed by atoms with Crippen LogP contribution in [0.3, 0.4) is 0 Å². The number of phenols is 1. The van der Waals surface area contributed by atoms with Gasteiger partial charge in [-0.3, -0.25) is 0 Å². The Morgan fingerprint density at radius 3 is 2.61 bits per heavy atom. The van der Waals surface area contributed by atoms with Crippen molar-refractivity contribution in [2.24, 2.45) is 5.73 Å². The third kappa shape index (κ3) is 4.00. The maximum atomic E-state index is 10.0. The number of benzene rings is 1. The largest absolute Gasteiger partial charge is 0.508 e. The molecule has 1 rings (SSSR count). The van der Waals surface area contributed by atoms with Gasteiger partial charge in [-0.2, -0.15) is 0 Å². The summed E-state index contributed by atoms with van der Waals surface area (Å²) in [5.41, 5.74) is 7.91. The summed E-state index contributed by atoms with van der Waals surface area (Å²) in [6, 6.07) is 5.38. The summed E-state index contributed by atoms with van der Waals surface area (Å²) in [5.74, 6) is 0.396. The molecular weight excluding hydrogens is 226 g/mol. The number of aromatic hydroxyl groups is 1. The molecule has 0 fully saturated rings. The second-order valence-electron chi connectivity index (χ2n) is 5.22. The zero-order chi connectivity index (χ0) is 13.7. The van der Waals surface area contributed by atoms with Gasteiger partial charge in [0.1, 0.15) is 5.75 Å². The first-order valence-corrected chi connectivity index (χ1v) is 6.68. The Kier molecular flexibility index (Phi) is 5.63. The number of hydrogen-bond acceptors (Lipinski definition) is 3. The summed E-state index contributed by atoms with van der Waals surface area (Å²) in [6.45, 7) is 6.06. The van der Waals surface area contributed by atoms with Crippen LogP contribution in [-0.4, -0.2) is 22.4 Å². The van der Waals surface area contributed by atoms with E-state index >= 15 is 0 Å². The van der Waals surface area contributed by atoms with Crippen LogP contribution < -0.4 is 5.73 Å². The lowest BCUT2D eigenvalue weighted by molar-refractivity contribution is 0.124. The molecule has 0 aliphatic rings. The lowest BCUT2D eigenvalue weighted by atomic mass is 9.90. The van der Waals surface area contributed by atoms with E-state index in [0.717, 1.165) is 24.0 Å². The van der Waals surface area contributed by atoms with Crippen molar-refractivity contribution in [1.29, 1.82) is 0 Å². The van der Waals surface area contributed by atoms with Gasteiger partial charge in [0.05, 0.1) is 6.10 Å². The van der Waals surface area contributed by atoms with Crippen molar-refractivity contribution in [2.75, 3.05) is 0 Å². The van der Waals surface area contributed by atoms with E-state index in [0.29, 0.717) is 12.2 Å². The summed E-state index contributed by atoms with van der Waals surface area (Å²) in [4.78, 5) is 0. The molecule has 0 aromatic heterocycles. The highest BCUT2D eigenvalue weighted by atomic mass is 16.3. The van der Waals surface area contributed by atoms with Crippen LogP contribution in [0.1, 0.15) is 50.2 Å². The van der Waals surface area contributed by atoms with Gasteiger partial charge in [-0.15, -0.1) is 0 Å². The van der Waals surface area contributed by atoms with Gasteiger partial charge in [0.15, 0.2) is 0 Å². The van der Waals surface area contributed by atoms with Gasteiger partial charge >= 0.3 is 0 Å². The van der Waals surface area contributed by atoms with Gasteiger partial charge in [0.2, 0.25) is 0 Å². The highest BCUT2D eigenvalue weighted by Crippen LogP contribution is 2.30. The van der Waals surface area contributed by atoms with Crippen LogP contribution in [0, 0.1) is 6.92 Å². The highest BCUT2D eigenvalue weighted by molar-refractivity contribution is 5.38. The summed E-state index contributed by atoms with van der Waals surface area (Å²) < 4.78 is 0. The molecule has 18 heavy (non-hydrogen) atoms. The Morgan fingerprint density at radius 1 is 1.33 bits per heavy atom. The number of aliphatic hydroxyl groups excluding tert-OH is 1. The van der Waals surface area contributed by atoms with Crippen LogP contribution in [0.25, 0.3) is 0 Å². The molecule has 0 saturated heterocycles. The van der Waals surface area contributed by atoms with E-state index in [1.807, 2.05) is 26.0 Å². The smallest absolute Gasteiger partial charge is 0.119 e. The van der Waals surface area contributed by atoms with Gasteiger partial charge in [-0.1, -0.05) is 38.0 Å². The van der Waals surface area contributed by atoms with E-state index in [4.69, 9.17) is 5.73 Å². The topological polar surface area (TPSA) is 66.5 Å². The van der Waals surface area contributed by atoms with Crippen molar-refractivity contribution >= 4 is 0 Å². The van der Waals surface area contributed by atoms with E-state index in [2.05, 4.69) is 6.92 Å². The van der Waals surface area contributed by atoms with Gasteiger partial charge in [-0.05, 0) is 37.3 Å². The average Bonchev–Trinajstić information content (AvgIpc) is 2.32. The van der Waals surface area contributed by atoms with Crippen LogP contribution in [0.5, 0.6) is 5.75 Å². The first-order valence-electron chi connectivity index (χ1n) is 6.68. The SMILES string of the molecule is CCCC(N)C(O)CC(C)c1cc(C)ccc1O. The van der Waals surface area contributed by atoms with Gasteiger partial charge < -0.3 is 15.9 Å². The monoisotopic (exact) mass is 251 g/mol. The lowest BCUT2D eigenvalue weighted by Crippen LogP contribution is -2.35. The molecule has 0 heterocycles. The molecule has 0 aliphatic heterocycles. The van der Waals surface area contributed by atoms with Crippen LogP contribution in [0.15, 0.2) is 18.2 Å². The summed E-state index contributed by atoms with van der Waals surface area (Å²) in [5, 5.41) is 19.9. The molecule has 1 aromatic carbocycles. The Bertz CT molecular complexity index is 379. The number of aliphatic hydroxyl groups is 1. The zero-order valence-corrected chi connectivity index (χ0v) is 11.6. The first kappa shape index (κ1) is 15.0. The van der Waals surface area contributed by atoms with E-state index in [-0.39, 0.29) is 12.0 Å². The maximum absolute atomic E-state index is 10.0. The molecule has 0 bridgehead atoms. The fraction of sp³-hybridized carbons (Fsp3) is 0.600. The van der Waals surface area contributed by atoms with E-state index in [1.165, 1.54) is 0 Å². The van der Waals surface area contributed by atoms with Crippen LogP contribution in [0.2, 0.25) is 0 Å². The van der Waals surface area contributed by atoms with Crippen LogP contribution in [0.4, 0.5) is 0 Å². The highest BCUT2D eigenvalue weighted by Gasteiger charge is 2.19. The minimum absolute atomic E-state index is 0.0998. The molecule has 3 heteroatoms.